The first-order chi connectivity index (χ1) is 10.5. The van der Waals surface area contributed by atoms with Gasteiger partial charge in [-0.25, -0.2) is 4.99 Å². The number of fused-ring (bicyclic) bond motifs is 1. The van der Waals surface area contributed by atoms with Gasteiger partial charge in [0.25, 0.3) is 5.91 Å². The number of amides is 1. The summed E-state index contributed by atoms with van der Waals surface area (Å²) in [6.07, 6.45) is 0. The third-order valence-corrected chi connectivity index (χ3v) is 3.52. The number of guanidine groups is 1. The number of hydrogen-bond donors (Lipinski definition) is 1. The summed E-state index contributed by atoms with van der Waals surface area (Å²) in [6.45, 7) is 0.301. The molecular weight excluding hydrogens is 282 g/mol. The Kier molecular flexibility index (Phi) is 3.42. The van der Waals surface area contributed by atoms with Gasteiger partial charge in [-0.3, -0.25) is 4.79 Å². The number of rotatable bonds is 3. The number of anilines is 1. The molecule has 0 radical (unpaired) electrons. The van der Waals surface area contributed by atoms with Crippen molar-refractivity contribution in [2.75, 3.05) is 26.9 Å². The van der Waals surface area contributed by atoms with Gasteiger partial charge in [-0.1, -0.05) is 18.2 Å². The predicted octanol–water partition coefficient (Wildman–Crippen LogP) is 1.07. The Hall–Kier alpha value is -2.67. The van der Waals surface area contributed by atoms with Crippen molar-refractivity contribution < 1.29 is 9.53 Å². The number of nitrogens with zero attached hydrogens (tertiary/aromatic N) is 4. The molecule has 0 spiro atoms. The zero-order valence-electron chi connectivity index (χ0n) is 12.7. The zero-order valence-corrected chi connectivity index (χ0v) is 12.7. The predicted molar refractivity (Wildman–Crippen MR) is 86.0 cm³/mol. The number of methoxy groups -OCH3 is 1. The molecule has 0 fully saturated rings. The molecule has 0 aliphatic carbocycles. The van der Waals surface area contributed by atoms with Gasteiger partial charge < -0.3 is 19.9 Å². The monoisotopic (exact) mass is 299 g/mol. The lowest BCUT2D eigenvalue weighted by Crippen LogP contribution is -2.18. The van der Waals surface area contributed by atoms with Gasteiger partial charge in [0, 0.05) is 26.6 Å². The summed E-state index contributed by atoms with van der Waals surface area (Å²) in [7, 11) is 5.17. The molecule has 1 aliphatic rings. The second-order valence-electron chi connectivity index (χ2n) is 5.19. The van der Waals surface area contributed by atoms with Gasteiger partial charge in [0.2, 0.25) is 5.96 Å². The maximum atomic E-state index is 12.2. The van der Waals surface area contributed by atoms with Gasteiger partial charge in [-0.2, -0.15) is 4.99 Å². The molecule has 2 heterocycles. The summed E-state index contributed by atoms with van der Waals surface area (Å²) in [6, 6.07) is 7.66. The van der Waals surface area contributed by atoms with Gasteiger partial charge in [-0.05, 0) is 6.07 Å². The van der Waals surface area contributed by atoms with Gasteiger partial charge in [0.1, 0.15) is 18.3 Å². The molecule has 2 N–H and O–H groups in total. The van der Waals surface area contributed by atoms with Crippen LogP contribution in [0.5, 0.6) is 0 Å². The Morgan fingerprint density at radius 3 is 2.64 bits per heavy atom. The maximum Gasteiger partial charge on any atom is 0.299 e. The Balaban J connectivity index is 2.23. The minimum Gasteiger partial charge on any atom is -0.384 e. The summed E-state index contributed by atoms with van der Waals surface area (Å²) in [5.74, 6) is 0.448. The fourth-order valence-corrected chi connectivity index (χ4v) is 2.52. The van der Waals surface area contributed by atoms with E-state index in [2.05, 4.69) is 9.98 Å². The summed E-state index contributed by atoms with van der Waals surface area (Å²) < 4.78 is 7.01. The summed E-state index contributed by atoms with van der Waals surface area (Å²) in [5, 5.41) is 0.861. The van der Waals surface area contributed by atoms with Crippen LogP contribution < -0.4 is 5.73 Å². The van der Waals surface area contributed by atoms with Crippen LogP contribution in [0.2, 0.25) is 0 Å². The van der Waals surface area contributed by atoms with Crippen molar-refractivity contribution in [3.63, 3.8) is 0 Å². The molecular formula is C15H17N5O2. The zero-order chi connectivity index (χ0) is 15.9. The van der Waals surface area contributed by atoms with E-state index in [1.807, 2.05) is 28.8 Å². The molecule has 3 rings (SSSR count). The highest BCUT2D eigenvalue weighted by Crippen LogP contribution is 2.30. The SMILES string of the molecule is COCn1c(N)c(C2=NC(N(C)C)=NC2=O)c2ccccc21. The highest BCUT2D eigenvalue weighted by molar-refractivity contribution is 6.53. The molecule has 0 saturated heterocycles. The molecule has 0 bridgehead atoms. The van der Waals surface area contributed by atoms with Gasteiger partial charge in [0.15, 0.2) is 0 Å². The van der Waals surface area contributed by atoms with Crippen LogP contribution in [0.1, 0.15) is 5.56 Å². The van der Waals surface area contributed by atoms with Crippen molar-refractivity contribution >= 4 is 34.3 Å². The summed E-state index contributed by atoms with van der Waals surface area (Å²) in [4.78, 5) is 22.2. The summed E-state index contributed by atoms with van der Waals surface area (Å²) in [5.41, 5.74) is 8.03. The number of ether oxygens (including phenoxy) is 1. The largest absolute Gasteiger partial charge is 0.384 e. The Bertz CT molecular complexity index is 817. The van der Waals surface area contributed by atoms with Crippen LogP contribution >= 0.6 is 0 Å². The molecule has 1 aromatic heterocycles. The average molecular weight is 299 g/mol. The van der Waals surface area contributed by atoms with Gasteiger partial charge in [0.05, 0.1) is 11.1 Å². The molecule has 7 nitrogen and oxygen atoms in total. The number of nitrogen functional groups attached to an aromatic ring is 1. The molecule has 1 aromatic carbocycles. The molecule has 1 aliphatic heterocycles. The van der Waals surface area contributed by atoms with Crippen LogP contribution in [0.25, 0.3) is 10.9 Å². The molecule has 1 amide bonds. The van der Waals surface area contributed by atoms with E-state index >= 15 is 0 Å². The first-order valence-corrected chi connectivity index (χ1v) is 6.79. The lowest BCUT2D eigenvalue weighted by atomic mass is 10.1. The topological polar surface area (TPSA) is 85.2 Å². The number of para-hydroxylation sites is 1. The number of benzene rings is 1. The van der Waals surface area contributed by atoms with Crippen molar-refractivity contribution in [1.82, 2.24) is 9.47 Å². The van der Waals surface area contributed by atoms with E-state index in [0.29, 0.717) is 24.1 Å². The standard InChI is InChI=1S/C15H17N5O2/c1-19(2)15-17-12(14(21)18-15)11-9-6-4-5-7-10(9)20(8-22-3)13(11)16/h4-7H,8,16H2,1-3H3. The van der Waals surface area contributed by atoms with Crippen molar-refractivity contribution in [2.45, 2.75) is 6.73 Å². The first kappa shape index (κ1) is 14.3. The van der Waals surface area contributed by atoms with E-state index in [1.165, 1.54) is 0 Å². The van der Waals surface area contributed by atoms with E-state index < -0.39 is 0 Å². The van der Waals surface area contributed by atoms with Gasteiger partial charge >= 0.3 is 0 Å². The summed E-state index contributed by atoms with van der Waals surface area (Å²) >= 11 is 0. The van der Waals surface area contributed by atoms with Crippen LogP contribution in [0.15, 0.2) is 34.3 Å². The van der Waals surface area contributed by atoms with Crippen LogP contribution in [0.4, 0.5) is 5.82 Å². The molecule has 7 heteroatoms. The maximum absolute atomic E-state index is 12.2. The third kappa shape index (κ3) is 2.06. The molecule has 0 unspecified atom stereocenters. The third-order valence-electron chi connectivity index (χ3n) is 3.52. The van der Waals surface area contributed by atoms with Crippen LogP contribution in [-0.4, -0.2) is 48.3 Å². The van der Waals surface area contributed by atoms with E-state index in [-0.39, 0.29) is 11.6 Å². The highest BCUT2D eigenvalue weighted by atomic mass is 16.5. The lowest BCUT2D eigenvalue weighted by molar-refractivity contribution is -0.111. The molecule has 114 valence electrons. The molecule has 22 heavy (non-hydrogen) atoms. The van der Waals surface area contributed by atoms with Crippen LogP contribution in [0.3, 0.4) is 0 Å². The smallest absolute Gasteiger partial charge is 0.299 e. The quantitative estimate of drug-likeness (QED) is 0.918. The van der Waals surface area contributed by atoms with Crippen LogP contribution in [-0.2, 0) is 16.3 Å². The molecule has 0 atom stereocenters. The Labute approximate surface area is 127 Å². The fraction of sp³-hybridized carbons (Fsp3) is 0.267. The van der Waals surface area contributed by atoms with Crippen molar-refractivity contribution in [1.29, 1.82) is 0 Å². The van der Waals surface area contributed by atoms with E-state index in [9.17, 15) is 4.79 Å². The number of aliphatic imine (C=N–C) groups is 2. The lowest BCUT2D eigenvalue weighted by Gasteiger charge is -2.07. The Morgan fingerprint density at radius 2 is 2.00 bits per heavy atom. The minimum atomic E-state index is -0.379. The van der Waals surface area contributed by atoms with Crippen molar-refractivity contribution in [2.24, 2.45) is 9.98 Å². The normalized spacial score (nSPS) is 14.4. The number of hydrogen-bond acceptors (Lipinski definition) is 5. The second-order valence-corrected chi connectivity index (χ2v) is 5.19. The molecule has 2 aromatic rings. The highest BCUT2D eigenvalue weighted by Gasteiger charge is 2.28. The van der Waals surface area contributed by atoms with Gasteiger partial charge in [-0.15, -0.1) is 0 Å². The van der Waals surface area contributed by atoms with Crippen molar-refractivity contribution in [3.05, 3.63) is 29.8 Å². The van der Waals surface area contributed by atoms with E-state index in [1.54, 1.807) is 26.1 Å². The van der Waals surface area contributed by atoms with E-state index in [4.69, 9.17) is 10.5 Å². The number of carbonyl (C=O) groups excluding carboxylic acids is 1. The van der Waals surface area contributed by atoms with E-state index in [0.717, 1.165) is 10.9 Å². The molecule has 0 saturated carbocycles. The number of aromatic nitrogens is 1. The average Bonchev–Trinajstić information content (AvgIpc) is 2.99. The minimum absolute atomic E-state index is 0.271. The number of carbonyl (C=O) groups is 1. The van der Waals surface area contributed by atoms with Crippen LogP contribution in [0, 0.1) is 0 Å². The second kappa shape index (κ2) is 5.27. The fourth-order valence-electron chi connectivity index (χ4n) is 2.52. The Morgan fingerprint density at radius 1 is 1.27 bits per heavy atom. The van der Waals surface area contributed by atoms with Crippen molar-refractivity contribution in [3.8, 4) is 0 Å². The number of nitrogens with two attached hydrogens (primary N) is 1. The first-order valence-electron chi connectivity index (χ1n) is 6.79.